The molecule has 4 rings (SSSR count). The summed E-state index contributed by atoms with van der Waals surface area (Å²) in [6.45, 7) is 2.90. The van der Waals surface area contributed by atoms with Crippen LogP contribution in [0, 0.1) is 12.3 Å². The number of hydrogen-bond acceptors (Lipinski definition) is 7. The van der Waals surface area contributed by atoms with Crippen LogP contribution < -0.4 is 15.6 Å². The predicted molar refractivity (Wildman–Crippen MR) is 139 cm³/mol. The first-order valence-electron chi connectivity index (χ1n) is 12.3. The fourth-order valence-corrected chi connectivity index (χ4v) is 4.33. The Hall–Kier alpha value is -3.71. The number of H-pyrrole nitrogens is 1. The molecule has 2 aromatic heterocycles. The van der Waals surface area contributed by atoms with E-state index in [1.54, 1.807) is 18.0 Å². The number of ether oxygens (including phenoxy) is 1. The van der Waals surface area contributed by atoms with Crippen molar-refractivity contribution in [3.63, 3.8) is 0 Å². The van der Waals surface area contributed by atoms with Crippen molar-refractivity contribution >= 4 is 27.8 Å². The van der Waals surface area contributed by atoms with Crippen LogP contribution in [0.5, 0.6) is 5.75 Å². The average Bonchev–Trinajstić information content (AvgIpc) is 3.57. The average molecular weight is 492 g/mol. The molecular formula is C26H33N7O3. The first-order valence-corrected chi connectivity index (χ1v) is 12.3. The van der Waals surface area contributed by atoms with Crippen molar-refractivity contribution in [2.24, 2.45) is 10.2 Å². The smallest absolute Gasteiger partial charge is 0.277 e. The third-order valence-electron chi connectivity index (χ3n) is 6.56. The van der Waals surface area contributed by atoms with Crippen LogP contribution in [0.3, 0.4) is 0 Å². The van der Waals surface area contributed by atoms with Gasteiger partial charge in [0.1, 0.15) is 16.8 Å². The van der Waals surface area contributed by atoms with E-state index in [-0.39, 0.29) is 11.5 Å². The van der Waals surface area contributed by atoms with E-state index in [1.165, 1.54) is 0 Å². The minimum atomic E-state index is -0.409. The van der Waals surface area contributed by atoms with Gasteiger partial charge in [0.15, 0.2) is 5.66 Å². The Morgan fingerprint density at radius 3 is 2.83 bits per heavy atom. The van der Waals surface area contributed by atoms with Crippen molar-refractivity contribution < 1.29 is 9.53 Å². The van der Waals surface area contributed by atoms with Crippen molar-refractivity contribution in [3.05, 3.63) is 34.9 Å². The molecule has 1 aliphatic rings. The fraction of sp³-hybridized carbons (Fsp3) is 0.500. The van der Waals surface area contributed by atoms with Gasteiger partial charge in [0.25, 0.3) is 5.56 Å². The summed E-state index contributed by atoms with van der Waals surface area (Å²) in [6.07, 6.45) is 10.9. The van der Waals surface area contributed by atoms with Crippen LogP contribution in [-0.4, -0.2) is 64.8 Å². The maximum Gasteiger partial charge on any atom is 0.277 e. The zero-order chi connectivity index (χ0) is 25.5. The number of amides is 1. The molecule has 0 radical (unpaired) electrons. The third kappa shape index (κ3) is 6.10. The Bertz CT molecular complexity index is 1350. The van der Waals surface area contributed by atoms with Gasteiger partial charge in [-0.3, -0.25) is 14.2 Å². The summed E-state index contributed by atoms with van der Waals surface area (Å²) in [5.41, 5.74) is 1.55. The first kappa shape index (κ1) is 25.4. The number of terminal acetylenes is 1. The second-order valence-corrected chi connectivity index (χ2v) is 9.25. The summed E-state index contributed by atoms with van der Waals surface area (Å²) in [7, 11) is 3.66. The molecular weight excluding hydrogens is 458 g/mol. The molecule has 1 aliphatic heterocycles. The number of benzene rings is 1. The molecule has 0 atom stereocenters. The summed E-state index contributed by atoms with van der Waals surface area (Å²) in [5, 5.41) is 12.0. The van der Waals surface area contributed by atoms with Crippen molar-refractivity contribution in [2.45, 2.75) is 50.7 Å². The number of nitrogens with zero attached hydrogens (tertiary/aromatic N) is 5. The third-order valence-corrected chi connectivity index (χ3v) is 6.56. The minimum absolute atomic E-state index is 0.0210. The highest BCUT2D eigenvalue weighted by molar-refractivity contribution is 6.04. The van der Waals surface area contributed by atoms with Crippen LogP contribution in [0.15, 0.2) is 39.5 Å². The normalized spacial score (nSPS) is 13.8. The van der Waals surface area contributed by atoms with Crippen LogP contribution in [0.4, 0.5) is 0 Å². The lowest BCUT2D eigenvalue weighted by molar-refractivity contribution is -0.121. The van der Waals surface area contributed by atoms with E-state index < -0.39 is 5.66 Å². The fourth-order valence-electron chi connectivity index (χ4n) is 4.33. The second-order valence-electron chi connectivity index (χ2n) is 9.25. The molecule has 0 fully saturated rings. The quantitative estimate of drug-likeness (QED) is 0.266. The molecule has 3 aromatic rings. The summed E-state index contributed by atoms with van der Waals surface area (Å²) < 4.78 is 6.94. The number of hydrogen-bond donors (Lipinski definition) is 2. The van der Waals surface area contributed by atoms with Gasteiger partial charge in [-0.1, -0.05) is 0 Å². The Balaban J connectivity index is 1.16. The summed E-state index contributed by atoms with van der Waals surface area (Å²) >= 11 is 0. The number of aromatic amines is 1. The van der Waals surface area contributed by atoms with Gasteiger partial charge < -0.3 is 19.9 Å². The zero-order valence-electron chi connectivity index (χ0n) is 20.9. The Morgan fingerprint density at radius 1 is 1.28 bits per heavy atom. The number of aromatic nitrogens is 3. The standard InChI is InChI=1S/C26H33N7O3/c1-4-5-11-26(30-31-26)12-10-22(34)27-13-6-14-32(2)15-7-16-33-18-28-23-20-17-19(36-3)8-9-21(20)29-24(23)25(33)35/h1,8-9,17-18,29H,5-7,10-16H2,2-3H3,(H,27,34). The molecule has 0 aliphatic carbocycles. The first-order chi connectivity index (χ1) is 17.4. The van der Waals surface area contributed by atoms with Crippen LogP contribution >= 0.6 is 0 Å². The number of carbonyl (C=O) groups excluding carboxylic acids is 1. The largest absolute Gasteiger partial charge is 0.497 e. The molecule has 0 saturated heterocycles. The molecule has 0 bridgehead atoms. The molecule has 190 valence electrons. The minimum Gasteiger partial charge on any atom is -0.497 e. The summed E-state index contributed by atoms with van der Waals surface area (Å²) in [5.74, 6) is 3.34. The lowest BCUT2D eigenvalue weighted by atomic mass is 10.0. The maximum atomic E-state index is 13.0. The van der Waals surface area contributed by atoms with Crippen molar-refractivity contribution in [1.82, 2.24) is 24.8 Å². The van der Waals surface area contributed by atoms with Crippen LogP contribution in [-0.2, 0) is 11.3 Å². The van der Waals surface area contributed by atoms with E-state index >= 15 is 0 Å². The van der Waals surface area contributed by atoms with Gasteiger partial charge in [-0.2, -0.15) is 10.2 Å². The van der Waals surface area contributed by atoms with Gasteiger partial charge in [0, 0.05) is 49.7 Å². The second kappa shape index (κ2) is 11.4. The Kier molecular flexibility index (Phi) is 8.00. The van der Waals surface area contributed by atoms with E-state index in [4.69, 9.17) is 11.2 Å². The molecule has 0 saturated carbocycles. The lowest BCUT2D eigenvalue weighted by Gasteiger charge is -2.17. The highest BCUT2D eigenvalue weighted by Crippen LogP contribution is 2.37. The van der Waals surface area contributed by atoms with Gasteiger partial charge in [0.2, 0.25) is 5.91 Å². The SMILES string of the molecule is C#CCCC1(CCC(=O)NCCCN(C)CCCn2cnc3c([nH]c4ccc(OC)cc43)c2=O)N=N1. The van der Waals surface area contributed by atoms with E-state index in [1.807, 2.05) is 25.2 Å². The van der Waals surface area contributed by atoms with Crippen LogP contribution in [0.25, 0.3) is 21.9 Å². The van der Waals surface area contributed by atoms with Crippen LogP contribution in [0.2, 0.25) is 0 Å². The predicted octanol–water partition coefficient (Wildman–Crippen LogP) is 3.07. The van der Waals surface area contributed by atoms with Crippen molar-refractivity contribution in [1.29, 1.82) is 0 Å². The summed E-state index contributed by atoms with van der Waals surface area (Å²) in [6, 6.07) is 5.64. The molecule has 0 unspecified atom stereocenters. The van der Waals surface area contributed by atoms with Crippen LogP contribution in [0.1, 0.15) is 38.5 Å². The van der Waals surface area contributed by atoms with Gasteiger partial charge in [-0.15, -0.1) is 12.3 Å². The number of carbonyl (C=O) groups is 1. The van der Waals surface area contributed by atoms with Gasteiger partial charge in [0.05, 0.1) is 13.4 Å². The van der Waals surface area contributed by atoms with E-state index in [0.29, 0.717) is 49.8 Å². The monoisotopic (exact) mass is 491 g/mol. The number of nitrogens with one attached hydrogen (secondary N) is 2. The number of aryl methyl sites for hydroxylation is 1. The molecule has 1 amide bonds. The molecule has 2 N–H and O–H groups in total. The molecule has 3 heterocycles. The van der Waals surface area contributed by atoms with E-state index in [2.05, 4.69) is 36.3 Å². The highest BCUT2D eigenvalue weighted by atomic mass is 16.5. The number of fused-ring (bicyclic) bond motifs is 3. The van der Waals surface area contributed by atoms with Crippen molar-refractivity contribution in [2.75, 3.05) is 33.8 Å². The maximum absolute atomic E-state index is 13.0. The lowest BCUT2D eigenvalue weighted by Crippen LogP contribution is -2.30. The number of methoxy groups -OCH3 is 1. The Labute approximate surface area is 210 Å². The molecule has 1 aromatic carbocycles. The molecule has 0 spiro atoms. The number of rotatable bonds is 14. The topological polar surface area (TPSA) is 117 Å². The van der Waals surface area contributed by atoms with E-state index in [0.717, 1.165) is 42.6 Å². The van der Waals surface area contributed by atoms with Gasteiger partial charge in [-0.05, 0) is 51.2 Å². The van der Waals surface area contributed by atoms with Gasteiger partial charge in [-0.25, -0.2) is 4.98 Å². The molecule has 10 heteroatoms. The highest BCUT2D eigenvalue weighted by Gasteiger charge is 2.39. The van der Waals surface area contributed by atoms with Gasteiger partial charge >= 0.3 is 0 Å². The summed E-state index contributed by atoms with van der Waals surface area (Å²) in [4.78, 5) is 35.0. The van der Waals surface area contributed by atoms with E-state index in [9.17, 15) is 9.59 Å². The van der Waals surface area contributed by atoms with Crippen molar-refractivity contribution in [3.8, 4) is 18.1 Å². The Morgan fingerprint density at radius 2 is 2.08 bits per heavy atom. The molecule has 36 heavy (non-hydrogen) atoms. The zero-order valence-corrected chi connectivity index (χ0v) is 20.9. The molecule has 10 nitrogen and oxygen atoms in total.